The van der Waals surface area contributed by atoms with E-state index in [1.165, 1.54) is 0 Å². The number of aromatic nitrogens is 1. The fourth-order valence-electron chi connectivity index (χ4n) is 1.67. The van der Waals surface area contributed by atoms with E-state index in [1.54, 1.807) is 12.1 Å². The van der Waals surface area contributed by atoms with E-state index in [4.69, 9.17) is 15.3 Å². The largest absolute Gasteiger partial charge is 0.417 e. The SMILES string of the molecule is CC(CO)N(C)c1cc2[nH]c(=O)oc2cc1N. The highest BCUT2D eigenvalue weighted by molar-refractivity contribution is 5.85. The molecule has 1 heterocycles. The van der Waals surface area contributed by atoms with Gasteiger partial charge in [0.2, 0.25) is 0 Å². The molecule has 0 saturated heterocycles. The Kier molecular flexibility index (Phi) is 2.81. The van der Waals surface area contributed by atoms with Crippen molar-refractivity contribution in [1.82, 2.24) is 4.98 Å². The van der Waals surface area contributed by atoms with Crippen molar-refractivity contribution in [1.29, 1.82) is 0 Å². The van der Waals surface area contributed by atoms with Gasteiger partial charge in [-0.3, -0.25) is 4.98 Å². The Hall–Kier alpha value is -1.95. The van der Waals surface area contributed by atoms with E-state index >= 15 is 0 Å². The number of hydrogen-bond donors (Lipinski definition) is 3. The first-order chi connectivity index (χ1) is 8.02. The van der Waals surface area contributed by atoms with Gasteiger partial charge in [-0.25, -0.2) is 4.79 Å². The molecular formula is C11H15N3O3. The van der Waals surface area contributed by atoms with Gasteiger partial charge in [-0.15, -0.1) is 0 Å². The van der Waals surface area contributed by atoms with Crippen LogP contribution in [0.2, 0.25) is 0 Å². The van der Waals surface area contributed by atoms with E-state index < -0.39 is 5.76 Å². The number of oxazole rings is 1. The number of nitrogens with zero attached hydrogens (tertiary/aromatic N) is 1. The van der Waals surface area contributed by atoms with Gasteiger partial charge in [0, 0.05) is 19.2 Å². The molecule has 1 aromatic heterocycles. The Morgan fingerprint density at radius 2 is 2.29 bits per heavy atom. The van der Waals surface area contributed by atoms with Crippen LogP contribution in [0.5, 0.6) is 0 Å². The Morgan fingerprint density at radius 1 is 1.59 bits per heavy atom. The van der Waals surface area contributed by atoms with Crippen molar-refractivity contribution >= 4 is 22.5 Å². The second-order valence-corrected chi connectivity index (χ2v) is 4.06. The third-order valence-corrected chi connectivity index (χ3v) is 2.87. The molecule has 0 fully saturated rings. The minimum Gasteiger partial charge on any atom is -0.408 e. The zero-order valence-corrected chi connectivity index (χ0v) is 9.73. The summed E-state index contributed by atoms with van der Waals surface area (Å²) in [6.45, 7) is 1.90. The van der Waals surface area contributed by atoms with Crippen LogP contribution in [-0.2, 0) is 0 Å². The molecule has 0 aliphatic heterocycles. The molecule has 4 N–H and O–H groups in total. The van der Waals surface area contributed by atoms with Crippen LogP contribution in [0.1, 0.15) is 6.92 Å². The molecule has 2 aromatic rings. The number of H-pyrrole nitrogens is 1. The summed E-state index contributed by atoms with van der Waals surface area (Å²) in [6, 6.07) is 3.28. The van der Waals surface area contributed by atoms with Crippen molar-refractivity contribution in [2.24, 2.45) is 0 Å². The van der Waals surface area contributed by atoms with Gasteiger partial charge in [0.25, 0.3) is 0 Å². The van der Waals surface area contributed by atoms with Crippen LogP contribution in [0.15, 0.2) is 21.3 Å². The number of aliphatic hydroxyl groups excluding tert-OH is 1. The van der Waals surface area contributed by atoms with Crippen LogP contribution < -0.4 is 16.4 Å². The topological polar surface area (TPSA) is 95.5 Å². The summed E-state index contributed by atoms with van der Waals surface area (Å²) in [6.07, 6.45) is 0. The normalized spacial score (nSPS) is 12.9. The Morgan fingerprint density at radius 3 is 2.94 bits per heavy atom. The highest BCUT2D eigenvalue weighted by atomic mass is 16.4. The van der Waals surface area contributed by atoms with Crippen molar-refractivity contribution in [2.75, 3.05) is 24.3 Å². The Balaban J connectivity index is 2.53. The third-order valence-electron chi connectivity index (χ3n) is 2.87. The molecular weight excluding hydrogens is 222 g/mol. The lowest BCUT2D eigenvalue weighted by Crippen LogP contribution is -2.32. The smallest absolute Gasteiger partial charge is 0.408 e. The predicted octanol–water partition coefficient (Wildman–Crippen LogP) is 0.520. The van der Waals surface area contributed by atoms with E-state index in [0.717, 1.165) is 5.69 Å². The van der Waals surface area contributed by atoms with Crippen molar-refractivity contribution in [3.05, 3.63) is 22.7 Å². The third kappa shape index (κ3) is 1.99. The average molecular weight is 237 g/mol. The summed E-state index contributed by atoms with van der Waals surface area (Å²) in [4.78, 5) is 15.5. The lowest BCUT2D eigenvalue weighted by Gasteiger charge is -2.26. The van der Waals surface area contributed by atoms with E-state index in [1.807, 2.05) is 18.9 Å². The number of fused-ring (bicyclic) bond motifs is 1. The number of aliphatic hydroxyl groups is 1. The standard InChI is InChI=1S/C11H15N3O3/c1-6(5-15)14(2)9-4-8-10(3-7(9)12)17-11(16)13-8/h3-4,6,15H,5,12H2,1-2H3,(H,13,16). The molecule has 0 aliphatic carbocycles. The van der Waals surface area contributed by atoms with Crippen LogP contribution in [0.4, 0.5) is 11.4 Å². The van der Waals surface area contributed by atoms with Crippen LogP contribution >= 0.6 is 0 Å². The number of benzene rings is 1. The summed E-state index contributed by atoms with van der Waals surface area (Å²) in [5.41, 5.74) is 8.16. The molecule has 0 spiro atoms. The first kappa shape index (κ1) is 11.5. The van der Waals surface area contributed by atoms with Crippen molar-refractivity contribution in [3.8, 4) is 0 Å². The van der Waals surface area contributed by atoms with Crippen molar-refractivity contribution in [3.63, 3.8) is 0 Å². The summed E-state index contributed by atoms with van der Waals surface area (Å²) in [5, 5.41) is 9.12. The second kappa shape index (κ2) is 4.14. The summed E-state index contributed by atoms with van der Waals surface area (Å²) < 4.78 is 4.91. The Bertz CT molecular complexity index is 587. The molecule has 1 unspecified atom stereocenters. The highest BCUT2D eigenvalue weighted by Crippen LogP contribution is 2.28. The summed E-state index contributed by atoms with van der Waals surface area (Å²) in [7, 11) is 1.83. The van der Waals surface area contributed by atoms with Crippen LogP contribution in [0.25, 0.3) is 11.1 Å². The fraction of sp³-hybridized carbons (Fsp3) is 0.364. The van der Waals surface area contributed by atoms with Crippen molar-refractivity contribution < 1.29 is 9.52 Å². The van der Waals surface area contributed by atoms with Crippen LogP contribution in [0, 0.1) is 0 Å². The second-order valence-electron chi connectivity index (χ2n) is 4.06. The van der Waals surface area contributed by atoms with Gasteiger partial charge in [-0.2, -0.15) is 0 Å². The lowest BCUT2D eigenvalue weighted by molar-refractivity contribution is 0.270. The van der Waals surface area contributed by atoms with Crippen LogP contribution in [0.3, 0.4) is 0 Å². The number of likely N-dealkylation sites (N-methyl/N-ethyl adjacent to an activating group) is 1. The van der Waals surface area contributed by atoms with Crippen LogP contribution in [-0.4, -0.2) is 29.8 Å². The fourth-order valence-corrected chi connectivity index (χ4v) is 1.67. The zero-order chi connectivity index (χ0) is 12.6. The Labute approximate surface area is 97.6 Å². The van der Waals surface area contributed by atoms with Gasteiger partial charge >= 0.3 is 5.76 Å². The van der Waals surface area contributed by atoms with E-state index in [2.05, 4.69) is 4.98 Å². The first-order valence-corrected chi connectivity index (χ1v) is 5.29. The molecule has 6 heteroatoms. The minimum absolute atomic E-state index is 0.0237. The summed E-state index contributed by atoms with van der Waals surface area (Å²) >= 11 is 0. The zero-order valence-electron chi connectivity index (χ0n) is 9.73. The average Bonchev–Trinajstić information content (AvgIpc) is 2.65. The molecule has 0 radical (unpaired) electrons. The van der Waals surface area contributed by atoms with E-state index in [-0.39, 0.29) is 12.6 Å². The molecule has 0 aliphatic rings. The maximum Gasteiger partial charge on any atom is 0.417 e. The molecule has 92 valence electrons. The number of anilines is 2. The molecule has 2 rings (SSSR count). The van der Waals surface area contributed by atoms with Gasteiger partial charge < -0.3 is 20.2 Å². The number of aromatic amines is 1. The molecule has 0 bridgehead atoms. The van der Waals surface area contributed by atoms with Gasteiger partial charge in [0.1, 0.15) is 0 Å². The first-order valence-electron chi connectivity index (χ1n) is 5.29. The van der Waals surface area contributed by atoms with Crippen molar-refractivity contribution in [2.45, 2.75) is 13.0 Å². The predicted molar refractivity (Wildman–Crippen MR) is 66.2 cm³/mol. The van der Waals surface area contributed by atoms with Gasteiger partial charge in [-0.05, 0) is 13.0 Å². The highest BCUT2D eigenvalue weighted by Gasteiger charge is 2.14. The quantitative estimate of drug-likeness (QED) is 0.676. The van der Waals surface area contributed by atoms with Gasteiger partial charge in [-0.1, -0.05) is 0 Å². The number of nitrogens with one attached hydrogen (secondary N) is 1. The maximum absolute atomic E-state index is 11.1. The molecule has 17 heavy (non-hydrogen) atoms. The van der Waals surface area contributed by atoms with E-state index in [0.29, 0.717) is 16.8 Å². The maximum atomic E-state index is 11.1. The molecule has 1 atom stereocenters. The lowest BCUT2D eigenvalue weighted by atomic mass is 10.2. The number of nitrogens with two attached hydrogens (primary N) is 1. The summed E-state index contributed by atoms with van der Waals surface area (Å²) in [5.74, 6) is -0.505. The molecule has 0 amide bonds. The number of hydrogen-bond acceptors (Lipinski definition) is 5. The molecule has 6 nitrogen and oxygen atoms in total. The molecule has 1 aromatic carbocycles. The van der Waals surface area contributed by atoms with Gasteiger partial charge in [0.15, 0.2) is 5.58 Å². The van der Waals surface area contributed by atoms with Gasteiger partial charge in [0.05, 0.1) is 23.5 Å². The minimum atomic E-state index is -0.505. The number of rotatable bonds is 3. The molecule has 0 saturated carbocycles. The number of nitrogen functional groups attached to an aromatic ring is 1. The van der Waals surface area contributed by atoms with E-state index in [9.17, 15) is 4.79 Å². The monoisotopic (exact) mass is 237 g/mol.